The average Bonchev–Trinajstić information content (AvgIpc) is 3.03. The number of aryl methyl sites for hydroxylation is 1. The number of phosphoric acid groups is 1. The molecule has 0 bridgehead atoms. The van der Waals surface area contributed by atoms with Gasteiger partial charge in [0.25, 0.3) is 13.7 Å². The number of primary amides is 1. The number of hydrogen-bond acceptors (Lipinski definition) is 7. The molecule has 1 aromatic heterocycles. The molecule has 1 fully saturated rings. The Bertz CT molecular complexity index is 1180. The van der Waals surface area contributed by atoms with Gasteiger partial charge in [-0.2, -0.15) is 5.10 Å². The quantitative estimate of drug-likeness (QED) is 0.350. The van der Waals surface area contributed by atoms with Crippen molar-refractivity contribution in [3.8, 4) is 5.69 Å². The van der Waals surface area contributed by atoms with Crippen LogP contribution < -0.4 is 45.5 Å². The molecule has 2 aliphatic carbocycles. The summed E-state index contributed by atoms with van der Waals surface area (Å²) < 4.78 is 17.5. The van der Waals surface area contributed by atoms with Crippen LogP contribution in [0.1, 0.15) is 78.1 Å². The smallest absolute Gasteiger partial charge is 0.756 e. The van der Waals surface area contributed by atoms with E-state index < -0.39 is 19.8 Å². The standard InChI is InChI=1S/C23H31N4O6P.Na/c1-13-21-19(11-23(2,3)12-20(21)28)27(26-13)15-6-9-17(22(24)29)18(10-15)25-14-4-7-16(8-5-14)33-34(30,31)32;/h6,9-10,14,16,25H,4-5,7-8,11-12H2,1-3H3,(H2,24,29)(H2,30,31,32);/q;+1/p-1. The summed E-state index contributed by atoms with van der Waals surface area (Å²) in [5.41, 5.74) is 9.24. The van der Waals surface area contributed by atoms with Crippen LogP contribution in [0.15, 0.2) is 18.2 Å². The normalized spacial score (nSPS) is 23.1. The third kappa shape index (κ3) is 6.43. The van der Waals surface area contributed by atoms with Gasteiger partial charge in [0.15, 0.2) is 5.78 Å². The van der Waals surface area contributed by atoms with Crippen LogP contribution in [0.5, 0.6) is 0 Å². The number of ketones is 1. The second kappa shape index (κ2) is 10.5. The van der Waals surface area contributed by atoms with Gasteiger partial charge in [-0.15, -0.1) is 0 Å². The maximum atomic E-state index is 12.8. The molecule has 0 saturated heterocycles. The predicted octanol–water partition coefficient (Wildman–Crippen LogP) is -0.361. The van der Waals surface area contributed by atoms with E-state index in [-0.39, 0.29) is 46.8 Å². The van der Waals surface area contributed by atoms with E-state index in [4.69, 9.17) is 15.2 Å². The summed E-state index contributed by atoms with van der Waals surface area (Å²) in [6, 6.07) is 5.18. The number of benzene rings is 1. The molecule has 2 aromatic rings. The minimum Gasteiger partial charge on any atom is -0.756 e. The molecule has 4 rings (SSSR count). The van der Waals surface area contributed by atoms with E-state index in [1.165, 1.54) is 0 Å². The molecule has 1 amide bonds. The van der Waals surface area contributed by atoms with Gasteiger partial charge < -0.3 is 25.4 Å². The van der Waals surface area contributed by atoms with Crippen LogP contribution in [-0.4, -0.2) is 38.5 Å². The number of hydrogen-bond donors (Lipinski definition) is 3. The number of carbonyl (C=O) groups is 2. The molecule has 0 spiro atoms. The van der Waals surface area contributed by atoms with Crippen LogP contribution in [0.3, 0.4) is 0 Å². The van der Waals surface area contributed by atoms with Crippen LogP contribution in [0, 0.1) is 12.3 Å². The Morgan fingerprint density at radius 3 is 2.54 bits per heavy atom. The number of nitrogens with zero attached hydrogens (tertiary/aromatic N) is 2. The molecule has 1 unspecified atom stereocenters. The van der Waals surface area contributed by atoms with Crippen molar-refractivity contribution in [3.63, 3.8) is 0 Å². The minimum atomic E-state index is -4.77. The van der Waals surface area contributed by atoms with Crippen molar-refractivity contribution in [2.24, 2.45) is 11.1 Å². The molecule has 1 heterocycles. The first-order valence-electron chi connectivity index (χ1n) is 11.4. The Labute approximate surface area is 226 Å². The molecule has 4 N–H and O–H groups in total. The van der Waals surface area contributed by atoms with Crippen molar-refractivity contribution in [1.29, 1.82) is 0 Å². The van der Waals surface area contributed by atoms with Crippen LogP contribution in [0.2, 0.25) is 0 Å². The van der Waals surface area contributed by atoms with E-state index in [1.807, 2.05) is 6.92 Å². The Morgan fingerprint density at radius 2 is 1.94 bits per heavy atom. The molecule has 1 atom stereocenters. The minimum absolute atomic E-state index is 0. The number of anilines is 1. The molecule has 1 saturated carbocycles. The van der Waals surface area contributed by atoms with Gasteiger partial charge >= 0.3 is 29.6 Å². The fourth-order valence-electron chi connectivity index (χ4n) is 5.07. The van der Waals surface area contributed by atoms with E-state index >= 15 is 0 Å². The largest absolute Gasteiger partial charge is 1.00 e. The van der Waals surface area contributed by atoms with Crippen molar-refractivity contribution >= 4 is 25.2 Å². The Morgan fingerprint density at radius 1 is 1.29 bits per heavy atom. The number of nitrogens with one attached hydrogen (secondary N) is 1. The number of rotatable bonds is 6. The van der Waals surface area contributed by atoms with Crippen molar-refractivity contribution in [2.75, 3.05) is 5.32 Å². The summed E-state index contributed by atoms with van der Waals surface area (Å²) in [6.45, 7) is 5.95. The number of fused-ring (bicyclic) bond motifs is 1. The van der Waals surface area contributed by atoms with Gasteiger partial charge in [-0.05, 0) is 62.6 Å². The van der Waals surface area contributed by atoms with Gasteiger partial charge in [-0.1, -0.05) is 13.8 Å². The van der Waals surface area contributed by atoms with Gasteiger partial charge in [0.05, 0.1) is 34.3 Å². The summed E-state index contributed by atoms with van der Waals surface area (Å²) in [6.07, 6.45) is 2.68. The van der Waals surface area contributed by atoms with E-state index in [9.17, 15) is 19.0 Å². The second-order valence-electron chi connectivity index (χ2n) is 10.0. The van der Waals surface area contributed by atoms with E-state index in [2.05, 4.69) is 24.3 Å². The number of carbonyl (C=O) groups excluding carboxylic acids is 2. The summed E-state index contributed by atoms with van der Waals surface area (Å²) in [5.74, 6) is -0.486. The molecular formula is C23H30N4NaO6P. The van der Waals surface area contributed by atoms with E-state index in [0.717, 1.165) is 5.69 Å². The third-order valence-corrected chi connectivity index (χ3v) is 7.11. The third-order valence-electron chi connectivity index (χ3n) is 6.55. The average molecular weight is 512 g/mol. The number of amides is 1. The van der Waals surface area contributed by atoms with Crippen LogP contribution >= 0.6 is 7.82 Å². The van der Waals surface area contributed by atoms with Gasteiger partial charge in [0.1, 0.15) is 0 Å². The van der Waals surface area contributed by atoms with E-state index in [0.29, 0.717) is 66.7 Å². The van der Waals surface area contributed by atoms with Gasteiger partial charge in [0.2, 0.25) is 0 Å². The molecule has 184 valence electrons. The Kier molecular flexibility index (Phi) is 8.38. The first kappa shape index (κ1) is 28.1. The van der Waals surface area contributed by atoms with Gasteiger partial charge in [-0.25, -0.2) is 4.68 Å². The SMILES string of the molecule is Cc1nn(-c2ccc(C(N)=O)c(NC3CCC(OP(=O)([O-])O)CC3)c2)c2c1C(=O)CC(C)(C)C2.[Na+]. The van der Waals surface area contributed by atoms with Crippen molar-refractivity contribution < 1.29 is 58.0 Å². The monoisotopic (exact) mass is 512 g/mol. The van der Waals surface area contributed by atoms with Gasteiger partial charge in [0, 0.05) is 18.2 Å². The number of phosphoric ester groups is 1. The van der Waals surface area contributed by atoms with Gasteiger partial charge in [-0.3, -0.25) is 14.2 Å². The number of aromatic nitrogens is 2. The fraction of sp³-hybridized carbons (Fsp3) is 0.522. The summed E-state index contributed by atoms with van der Waals surface area (Å²) >= 11 is 0. The zero-order valence-electron chi connectivity index (χ0n) is 20.5. The van der Waals surface area contributed by atoms with E-state index in [1.54, 1.807) is 22.9 Å². The molecule has 35 heavy (non-hydrogen) atoms. The molecular weight excluding hydrogens is 482 g/mol. The first-order chi connectivity index (χ1) is 15.8. The fourth-order valence-corrected chi connectivity index (χ4v) is 5.66. The maximum absolute atomic E-state index is 12.8. The summed E-state index contributed by atoms with van der Waals surface area (Å²) in [7, 11) is -4.77. The Hall–Kier alpha value is -1.52. The van der Waals surface area contributed by atoms with Crippen LogP contribution in [-0.2, 0) is 15.5 Å². The van der Waals surface area contributed by atoms with Crippen molar-refractivity contribution in [3.05, 3.63) is 40.7 Å². The number of Topliss-reactive ketones (excluding diaryl/α,β-unsaturated/α-hetero) is 1. The Balaban J connectivity index is 0.00000342. The summed E-state index contributed by atoms with van der Waals surface area (Å²) in [5, 5.41) is 8.00. The molecule has 10 nitrogen and oxygen atoms in total. The maximum Gasteiger partial charge on any atom is 1.00 e. The number of nitrogens with two attached hydrogens (primary N) is 1. The molecule has 0 radical (unpaired) electrons. The zero-order chi connectivity index (χ0) is 24.8. The summed E-state index contributed by atoms with van der Waals surface area (Å²) in [4.78, 5) is 44.8. The molecule has 1 aromatic carbocycles. The van der Waals surface area contributed by atoms with Crippen LogP contribution in [0.25, 0.3) is 5.69 Å². The second-order valence-corrected chi connectivity index (χ2v) is 11.2. The predicted molar refractivity (Wildman–Crippen MR) is 124 cm³/mol. The molecule has 2 aliphatic rings. The first-order valence-corrected chi connectivity index (χ1v) is 12.9. The van der Waals surface area contributed by atoms with Crippen molar-refractivity contribution in [1.82, 2.24) is 9.78 Å². The van der Waals surface area contributed by atoms with Crippen LogP contribution in [0.4, 0.5) is 5.69 Å². The van der Waals surface area contributed by atoms with Crippen molar-refractivity contribution in [2.45, 2.75) is 71.4 Å². The molecule has 12 heteroatoms. The molecule has 0 aliphatic heterocycles. The zero-order valence-corrected chi connectivity index (χ0v) is 23.4. The topological polar surface area (TPSA) is 160 Å².